The van der Waals surface area contributed by atoms with Gasteiger partial charge >= 0.3 is 11.8 Å². The zero-order valence-corrected chi connectivity index (χ0v) is 19.2. The summed E-state index contributed by atoms with van der Waals surface area (Å²) in [6.07, 6.45) is -4.55. The van der Waals surface area contributed by atoms with E-state index in [0.29, 0.717) is 21.2 Å². The highest BCUT2D eigenvalue weighted by atomic mass is 35.5. The minimum Gasteiger partial charge on any atom is -0.505 e. The quantitative estimate of drug-likeness (QED) is 0.356. The lowest BCUT2D eigenvalue weighted by Crippen LogP contribution is -2.24. The summed E-state index contributed by atoms with van der Waals surface area (Å²) in [4.78, 5) is 26.6. The van der Waals surface area contributed by atoms with Crippen molar-refractivity contribution in [3.05, 3.63) is 91.1 Å². The van der Waals surface area contributed by atoms with Crippen molar-refractivity contribution in [2.24, 2.45) is 0 Å². The van der Waals surface area contributed by atoms with Crippen molar-refractivity contribution in [3.63, 3.8) is 0 Å². The van der Waals surface area contributed by atoms with Crippen LogP contribution in [0.1, 0.15) is 30.7 Å². The molecule has 0 unspecified atom stereocenters. The summed E-state index contributed by atoms with van der Waals surface area (Å²) in [6.45, 7) is 3.36. The number of fused-ring (bicyclic) bond motifs is 4. The number of aromatic nitrogens is 1. The van der Waals surface area contributed by atoms with Gasteiger partial charge in [0, 0.05) is 27.1 Å². The molecule has 174 valence electrons. The summed E-state index contributed by atoms with van der Waals surface area (Å²) >= 11 is 6.79. The first kappa shape index (κ1) is 22.6. The van der Waals surface area contributed by atoms with Crippen LogP contribution in [-0.2, 0) is 11.6 Å². The zero-order valence-electron chi connectivity index (χ0n) is 17.7. The van der Waals surface area contributed by atoms with Crippen molar-refractivity contribution in [2.75, 3.05) is 0 Å². The van der Waals surface area contributed by atoms with Gasteiger partial charge in [-0.05, 0) is 48.0 Å². The van der Waals surface area contributed by atoms with Crippen LogP contribution in [0.4, 0.5) is 13.2 Å². The Bertz CT molecular complexity index is 1600. The van der Waals surface area contributed by atoms with Crippen LogP contribution >= 0.6 is 23.4 Å². The molecule has 0 atom stereocenters. The van der Waals surface area contributed by atoms with E-state index in [1.54, 1.807) is 38.1 Å². The Morgan fingerprint density at radius 2 is 1.74 bits per heavy atom. The van der Waals surface area contributed by atoms with E-state index in [9.17, 15) is 27.9 Å². The number of benzene rings is 2. The van der Waals surface area contributed by atoms with E-state index in [2.05, 4.69) is 0 Å². The van der Waals surface area contributed by atoms with Gasteiger partial charge in [0.1, 0.15) is 15.9 Å². The van der Waals surface area contributed by atoms with Crippen LogP contribution in [0.5, 0.6) is 5.75 Å². The maximum absolute atomic E-state index is 13.5. The van der Waals surface area contributed by atoms with Gasteiger partial charge in [-0.3, -0.25) is 9.36 Å². The number of nitrogens with zero attached hydrogens (tertiary/aromatic N) is 1. The number of halogens is 4. The molecule has 10 heteroatoms. The summed E-state index contributed by atoms with van der Waals surface area (Å²) in [5.74, 6) is -0.551. The Balaban J connectivity index is 1.76. The van der Waals surface area contributed by atoms with Gasteiger partial charge in [-0.2, -0.15) is 13.2 Å². The van der Waals surface area contributed by atoms with E-state index in [1.807, 2.05) is 0 Å². The van der Waals surface area contributed by atoms with Crippen molar-refractivity contribution in [1.82, 2.24) is 4.57 Å². The molecular formula is C24H15ClF3NO4S. The maximum Gasteiger partial charge on any atom is 0.416 e. The van der Waals surface area contributed by atoms with Crippen LogP contribution in [0, 0.1) is 0 Å². The molecular weight excluding hydrogens is 491 g/mol. The Morgan fingerprint density at radius 3 is 2.38 bits per heavy atom. The van der Waals surface area contributed by atoms with E-state index in [-0.39, 0.29) is 21.6 Å². The fourth-order valence-electron chi connectivity index (χ4n) is 4.20. The molecule has 0 bridgehead atoms. The standard InChI is InChI=1S/C24H15ClF3NO4S/c1-23(2)14-9-11(24(26,27)28)3-8-15(14)29-17(23)10-16-18(21(29)31)19(30)20(22(32)33-16)34-13-6-4-12(25)5-7-13/h3-10,30H,1-2H3. The normalized spacial score (nSPS) is 14.3. The fraction of sp³-hybridized carbons (Fsp3) is 0.167. The zero-order chi connectivity index (χ0) is 24.6. The van der Waals surface area contributed by atoms with Gasteiger partial charge < -0.3 is 9.52 Å². The molecule has 1 aliphatic rings. The number of aromatic hydroxyl groups is 1. The molecule has 1 aliphatic heterocycles. The van der Waals surface area contributed by atoms with Crippen LogP contribution < -0.4 is 11.2 Å². The fourth-order valence-corrected chi connectivity index (χ4v) is 5.16. The summed E-state index contributed by atoms with van der Waals surface area (Å²) in [6, 6.07) is 11.1. The predicted octanol–water partition coefficient (Wildman–Crippen LogP) is 6.11. The Labute approximate surface area is 199 Å². The third-order valence-electron chi connectivity index (χ3n) is 5.92. The van der Waals surface area contributed by atoms with Gasteiger partial charge in [0.05, 0.1) is 11.3 Å². The lowest BCUT2D eigenvalue weighted by Gasteiger charge is -2.21. The number of hydrogen-bond donors (Lipinski definition) is 1. The molecule has 5 rings (SSSR count). The molecule has 0 saturated carbocycles. The van der Waals surface area contributed by atoms with Crippen molar-refractivity contribution in [2.45, 2.75) is 35.2 Å². The highest BCUT2D eigenvalue weighted by molar-refractivity contribution is 7.99. The average molecular weight is 506 g/mol. The Hall–Kier alpha value is -3.17. The lowest BCUT2D eigenvalue weighted by molar-refractivity contribution is -0.137. The first-order valence-electron chi connectivity index (χ1n) is 10.0. The highest BCUT2D eigenvalue weighted by Gasteiger charge is 2.41. The number of rotatable bonds is 2. The van der Waals surface area contributed by atoms with Crippen molar-refractivity contribution < 1.29 is 22.7 Å². The number of pyridine rings is 1. The van der Waals surface area contributed by atoms with Crippen molar-refractivity contribution in [3.8, 4) is 11.4 Å². The van der Waals surface area contributed by atoms with E-state index in [4.69, 9.17) is 16.0 Å². The van der Waals surface area contributed by atoms with Crippen LogP contribution in [0.2, 0.25) is 5.02 Å². The second kappa shape index (κ2) is 7.41. The maximum atomic E-state index is 13.5. The Morgan fingerprint density at radius 1 is 1.06 bits per heavy atom. The molecule has 2 aromatic carbocycles. The molecule has 5 nitrogen and oxygen atoms in total. The van der Waals surface area contributed by atoms with Gasteiger partial charge in [-0.15, -0.1) is 0 Å². The topological polar surface area (TPSA) is 72.4 Å². The van der Waals surface area contributed by atoms with E-state index in [1.165, 1.54) is 16.7 Å². The molecule has 0 radical (unpaired) electrons. The second-order valence-electron chi connectivity index (χ2n) is 8.39. The number of hydrogen-bond acceptors (Lipinski definition) is 5. The van der Waals surface area contributed by atoms with Gasteiger partial charge in [-0.1, -0.05) is 37.2 Å². The molecule has 3 heterocycles. The number of alkyl halides is 3. The SMILES string of the molecule is CC1(C)c2cc(C(F)(F)F)ccc2-n2c1cc1oc(=O)c(Sc3ccc(Cl)cc3)c(O)c1c2=O. The monoisotopic (exact) mass is 505 g/mol. The third kappa shape index (κ3) is 3.33. The molecule has 4 aromatic rings. The highest BCUT2D eigenvalue weighted by Crippen LogP contribution is 2.45. The molecule has 2 aromatic heterocycles. The summed E-state index contributed by atoms with van der Waals surface area (Å²) in [7, 11) is 0. The first-order chi connectivity index (χ1) is 15.9. The van der Waals surface area contributed by atoms with Gasteiger partial charge in [0.2, 0.25) is 0 Å². The molecule has 0 saturated heterocycles. The molecule has 1 N–H and O–H groups in total. The van der Waals surface area contributed by atoms with E-state index < -0.39 is 34.1 Å². The minimum absolute atomic E-state index is 0.142. The van der Waals surface area contributed by atoms with E-state index >= 15 is 0 Å². The molecule has 0 amide bonds. The van der Waals surface area contributed by atoms with Crippen LogP contribution in [0.25, 0.3) is 16.7 Å². The van der Waals surface area contributed by atoms with Crippen molar-refractivity contribution >= 4 is 34.3 Å². The third-order valence-corrected chi connectivity index (χ3v) is 7.25. The molecule has 34 heavy (non-hydrogen) atoms. The Kier molecular flexibility index (Phi) is 4.93. The van der Waals surface area contributed by atoms with Gasteiger partial charge in [-0.25, -0.2) is 4.79 Å². The smallest absolute Gasteiger partial charge is 0.416 e. The molecule has 0 aliphatic carbocycles. The summed E-state index contributed by atoms with van der Waals surface area (Å²) in [5, 5.41) is 11.2. The lowest BCUT2D eigenvalue weighted by atomic mass is 9.82. The molecule has 0 fully saturated rings. The van der Waals surface area contributed by atoms with E-state index in [0.717, 1.165) is 23.9 Å². The predicted molar refractivity (Wildman–Crippen MR) is 122 cm³/mol. The summed E-state index contributed by atoms with van der Waals surface area (Å²) < 4.78 is 46.6. The van der Waals surface area contributed by atoms with Crippen molar-refractivity contribution in [1.29, 1.82) is 0 Å². The van der Waals surface area contributed by atoms with Gasteiger partial charge in [0.25, 0.3) is 5.56 Å². The molecule has 0 spiro atoms. The minimum atomic E-state index is -4.55. The first-order valence-corrected chi connectivity index (χ1v) is 11.2. The van der Waals surface area contributed by atoms with Crippen LogP contribution in [0.3, 0.4) is 0 Å². The van der Waals surface area contributed by atoms with Crippen LogP contribution in [-0.4, -0.2) is 9.67 Å². The second-order valence-corrected chi connectivity index (χ2v) is 9.91. The largest absolute Gasteiger partial charge is 0.505 e. The van der Waals surface area contributed by atoms with Crippen LogP contribution in [0.15, 0.2) is 72.3 Å². The van der Waals surface area contributed by atoms with Gasteiger partial charge in [0.15, 0.2) is 5.75 Å². The average Bonchev–Trinajstić information content (AvgIpc) is 2.98. The summed E-state index contributed by atoms with van der Waals surface area (Å²) in [5.41, 5.74) is -2.59.